The van der Waals surface area contributed by atoms with Crippen molar-refractivity contribution in [2.24, 2.45) is 0 Å². The molecule has 3 N–H and O–H groups in total. The maximum atomic E-state index is 12.2. The van der Waals surface area contributed by atoms with Crippen LogP contribution in [0.4, 0.5) is 5.69 Å². The maximum absolute atomic E-state index is 12.2. The average molecular weight is 338 g/mol. The van der Waals surface area contributed by atoms with E-state index in [1.54, 1.807) is 6.07 Å². The van der Waals surface area contributed by atoms with Crippen LogP contribution >= 0.6 is 0 Å². The van der Waals surface area contributed by atoms with Crippen molar-refractivity contribution in [2.45, 2.75) is 38.7 Å². The van der Waals surface area contributed by atoms with Gasteiger partial charge in [-0.1, -0.05) is 30.3 Å². The van der Waals surface area contributed by atoms with Crippen LogP contribution < -0.4 is 11.1 Å². The van der Waals surface area contributed by atoms with Crippen LogP contribution in [0.5, 0.6) is 0 Å². The molecule has 0 spiro atoms. The molecule has 0 saturated heterocycles. The summed E-state index contributed by atoms with van der Waals surface area (Å²) in [6, 6.07) is 13.9. The number of ether oxygens (including phenoxy) is 1. The number of carbonyl (C=O) groups is 1. The van der Waals surface area contributed by atoms with Crippen LogP contribution in [0, 0.1) is 6.92 Å². The smallest absolute Gasteiger partial charge is 0.251 e. The zero-order valence-electron chi connectivity index (χ0n) is 14.8. The summed E-state index contributed by atoms with van der Waals surface area (Å²) in [6.45, 7) is 3.16. The van der Waals surface area contributed by atoms with Gasteiger partial charge in [-0.15, -0.1) is 0 Å². The third kappa shape index (κ3) is 4.40. The van der Waals surface area contributed by atoms with Gasteiger partial charge in [-0.25, -0.2) is 0 Å². The fourth-order valence-electron chi connectivity index (χ4n) is 3.36. The van der Waals surface area contributed by atoms with E-state index in [1.165, 1.54) is 17.5 Å². The number of amides is 1. The van der Waals surface area contributed by atoms with Crippen molar-refractivity contribution in [1.82, 2.24) is 5.32 Å². The Hall–Kier alpha value is -2.33. The number of nitrogens with one attached hydrogen (secondary N) is 1. The number of rotatable bonds is 6. The third-order valence-electron chi connectivity index (χ3n) is 4.75. The Labute approximate surface area is 149 Å². The second kappa shape index (κ2) is 8.17. The number of nitrogen functional groups attached to an aromatic ring is 1. The lowest BCUT2D eigenvalue weighted by Crippen LogP contribution is -2.26. The zero-order valence-corrected chi connectivity index (χ0v) is 14.8. The van der Waals surface area contributed by atoms with Gasteiger partial charge in [0.15, 0.2) is 0 Å². The first-order valence-corrected chi connectivity index (χ1v) is 8.99. The minimum atomic E-state index is -0.0761. The summed E-state index contributed by atoms with van der Waals surface area (Å²) >= 11 is 0. The summed E-state index contributed by atoms with van der Waals surface area (Å²) in [6.07, 6.45) is 4.38. The number of nitrogens with two attached hydrogens (primary N) is 1. The number of fused-ring (bicyclic) bond motifs is 1. The summed E-state index contributed by atoms with van der Waals surface area (Å²) in [5.74, 6) is -0.0761. The highest BCUT2D eigenvalue weighted by molar-refractivity contribution is 5.96. The third-order valence-corrected chi connectivity index (χ3v) is 4.75. The van der Waals surface area contributed by atoms with Gasteiger partial charge in [-0.2, -0.15) is 0 Å². The number of carbonyl (C=O) groups excluding carboxylic acids is 1. The van der Waals surface area contributed by atoms with Crippen LogP contribution in [0.1, 0.15) is 52.4 Å². The first-order valence-electron chi connectivity index (χ1n) is 8.99. The first kappa shape index (κ1) is 17.5. The predicted molar refractivity (Wildman–Crippen MR) is 101 cm³/mol. The molecule has 4 nitrogen and oxygen atoms in total. The van der Waals surface area contributed by atoms with E-state index in [1.807, 2.05) is 19.1 Å². The number of aryl methyl sites for hydroxylation is 2. The molecule has 0 bridgehead atoms. The zero-order chi connectivity index (χ0) is 17.6. The summed E-state index contributed by atoms with van der Waals surface area (Å²) < 4.78 is 6.07. The lowest BCUT2D eigenvalue weighted by Gasteiger charge is -2.25. The van der Waals surface area contributed by atoms with Crippen molar-refractivity contribution in [3.63, 3.8) is 0 Å². The Kier molecular flexibility index (Phi) is 5.71. The predicted octanol–water partition coefficient (Wildman–Crippen LogP) is 3.79. The number of hydrogen-bond acceptors (Lipinski definition) is 3. The van der Waals surface area contributed by atoms with Gasteiger partial charge in [0.25, 0.3) is 5.91 Å². The molecule has 1 unspecified atom stereocenters. The van der Waals surface area contributed by atoms with Crippen LogP contribution in [0.2, 0.25) is 0 Å². The molecule has 2 aromatic rings. The van der Waals surface area contributed by atoms with E-state index in [-0.39, 0.29) is 12.0 Å². The van der Waals surface area contributed by atoms with Crippen molar-refractivity contribution in [2.75, 3.05) is 18.9 Å². The van der Waals surface area contributed by atoms with Crippen molar-refractivity contribution in [1.29, 1.82) is 0 Å². The van der Waals surface area contributed by atoms with Crippen LogP contribution in [0.15, 0.2) is 42.5 Å². The standard InChI is InChI=1S/C21H26N2O2/c1-15-10-11-17(22)14-19(15)21(24)23-12-5-13-25-20-9-4-7-16-6-2-3-8-18(16)20/h2-3,6,8,10-11,14,20H,4-5,7,9,12-13,22H2,1H3,(H,23,24). The lowest BCUT2D eigenvalue weighted by atomic mass is 9.89. The Morgan fingerprint density at radius 1 is 1.28 bits per heavy atom. The summed E-state index contributed by atoms with van der Waals surface area (Å²) in [4.78, 5) is 12.2. The summed E-state index contributed by atoms with van der Waals surface area (Å²) in [7, 11) is 0. The van der Waals surface area contributed by atoms with Crippen LogP contribution in [0.3, 0.4) is 0 Å². The van der Waals surface area contributed by atoms with Gasteiger partial charge in [0.05, 0.1) is 6.10 Å². The summed E-state index contributed by atoms with van der Waals surface area (Å²) in [5, 5.41) is 2.95. The fraction of sp³-hybridized carbons (Fsp3) is 0.381. The second-order valence-corrected chi connectivity index (χ2v) is 6.63. The van der Waals surface area contributed by atoms with Gasteiger partial charge < -0.3 is 15.8 Å². The Bertz CT molecular complexity index is 742. The van der Waals surface area contributed by atoms with Gasteiger partial charge in [-0.3, -0.25) is 4.79 Å². The van der Waals surface area contributed by atoms with Gasteiger partial charge in [0.1, 0.15) is 0 Å². The summed E-state index contributed by atoms with van der Waals surface area (Å²) in [5.41, 5.74) is 10.7. The van der Waals surface area contributed by atoms with Crippen molar-refractivity contribution in [3.8, 4) is 0 Å². The highest BCUT2D eigenvalue weighted by Crippen LogP contribution is 2.32. The van der Waals surface area contributed by atoms with Gasteiger partial charge in [0.2, 0.25) is 0 Å². The molecule has 2 aromatic carbocycles. The maximum Gasteiger partial charge on any atom is 0.251 e. The normalized spacial score (nSPS) is 16.3. The molecule has 3 rings (SSSR count). The fourth-order valence-corrected chi connectivity index (χ4v) is 3.36. The van der Waals surface area contributed by atoms with E-state index in [0.717, 1.165) is 24.8 Å². The average Bonchev–Trinajstić information content (AvgIpc) is 2.63. The largest absolute Gasteiger partial charge is 0.399 e. The molecule has 132 valence electrons. The molecule has 0 aromatic heterocycles. The molecule has 4 heteroatoms. The SMILES string of the molecule is Cc1ccc(N)cc1C(=O)NCCCOC1CCCc2ccccc21. The van der Waals surface area contributed by atoms with Crippen LogP contribution in [-0.2, 0) is 11.2 Å². The monoisotopic (exact) mass is 338 g/mol. The van der Waals surface area contributed by atoms with E-state index in [9.17, 15) is 4.79 Å². The number of benzene rings is 2. The van der Waals surface area contributed by atoms with E-state index < -0.39 is 0 Å². The molecule has 0 heterocycles. The molecule has 25 heavy (non-hydrogen) atoms. The molecule has 0 aliphatic heterocycles. The highest BCUT2D eigenvalue weighted by Gasteiger charge is 2.19. The Morgan fingerprint density at radius 2 is 2.12 bits per heavy atom. The molecule has 0 radical (unpaired) electrons. The molecular weight excluding hydrogens is 312 g/mol. The minimum absolute atomic E-state index is 0.0761. The Balaban J connectivity index is 1.44. The highest BCUT2D eigenvalue weighted by atomic mass is 16.5. The molecule has 1 amide bonds. The molecule has 1 aliphatic rings. The van der Waals surface area contributed by atoms with Crippen LogP contribution in [0.25, 0.3) is 0 Å². The van der Waals surface area contributed by atoms with E-state index in [0.29, 0.717) is 24.4 Å². The van der Waals surface area contributed by atoms with Crippen molar-refractivity contribution in [3.05, 3.63) is 64.7 Å². The molecule has 1 atom stereocenters. The van der Waals surface area contributed by atoms with Crippen LogP contribution in [-0.4, -0.2) is 19.1 Å². The van der Waals surface area contributed by atoms with Gasteiger partial charge in [0, 0.05) is 24.4 Å². The molecule has 0 saturated carbocycles. The van der Waals surface area contributed by atoms with E-state index in [4.69, 9.17) is 10.5 Å². The van der Waals surface area contributed by atoms with Gasteiger partial charge in [-0.05, 0) is 61.4 Å². The molecular formula is C21H26N2O2. The molecule has 0 fully saturated rings. The van der Waals surface area contributed by atoms with E-state index >= 15 is 0 Å². The molecule has 1 aliphatic carbocycles. The number of anilines is 1. The van der Waals surface area contributed by atoms with Crippen molar-refractivity contribution >= 4 is 11.6 Å². The second-order valence-electron chi connectivity index (χ2n) is 6.63. The minimum Gasteiger partial charge on any atom is -0.399 e. The quantitative estimate of drug-likeness (QED) is 0.622. The number of hydrogen-bond donors (Lipinski definition) is 2. The first-order chi connectivity index (χ1) is 12.1. The van der Waals surface area contributed by atoms with Gasteiger partial charge >= 0.3 is 0 Å². The van der Waals surface area contributed by atoms with Crippen molar-refractivity contribution < 1.29 is 9.53 Å². The Morgan fingerprint density at radius 3 is 3.00 bits per heavy atom. The topological polar surface area (TPSA) is 64.4 Å². The van der Waals surface area contributed by atoms with E-state index in [2.05, 4.69) is 29.6 Å². The lowest BCUT2D eigenvalue weighted by molar-refractivity contribution is 0.0393.